The Labute approximate surface area is 125 Å². The van der Waals surface area contributed by atoms with Crippen LogP contribution < -0.4 is 5.43 Å². The highest BCUT2D eigenvalue weighted by molar-refractivity contribution is 5.83. The predicted octanol–water partition coefficient (Wildman–Crippen LogP) is 4.04. The number of rotatable bonds is 8. The zero-order chi connectivity index (χ0) is 16.1. The van der Waals surface area contributed by atoms with Gasteiger partial charge < -0.3 is 0 Å². The van der Waals surface area contributed by atoms with Gasteiger partial charge in [-0.25, -0.2) is 5.01 Å². The molecule has 124 valence electrons. The number of hydrogen-bond acceptors (Lipinski definition) is 2. The highest BCUT2D eigenvalue weighted by atomic mass is 19.4. The Morgan fingerprint density at radius 3 is 2.24 bits per heavy atom. The molecule has 0 unspecified atom stereocenters. The first-order valence-electron chi connectivity index (χ1n) is 7.83. The summed E-state index contributed by atoms with van der Waals surface area (Å²) in [7, 11) is 0. The Bertz CT molecular complexity index is 342. The van der Waals surface area contributed by atoms with Gasteiger partial charge in [0.1, 0.15) is 6.04 Å². The second-order valence-corrected chi connectivity index (χ2v) is 6.57. The topological polar surface area (TPSA) is 32.3 Å². The summed E-state index contributed by atoms with van der Waals surface area (Å²) in [5, 5.41) is 1.08. The van der Waals surface area contributed by atoms with Gasteiger partial charge in [-0.2, -0.15) is 13.2 Å². The van der Waals surface area contributed by atoms with Crippen LogP contribution in [0.2, 0.25) is 0 Å². The smallest absolute Gasteiger partial charge is 0.288 e. The number of hydrazine groups is 1. The summed E-state index contributed by atoms with van der Waals surface area (Å²) >= 11 is 0. The number of carbonyl (C=O) groups excluding carboxylic acids is 1. The van der Waals surface area contributed by atoms with E-state index in [2.05, 4.69) is 12.3 Å². The molecule has 0 aromatic rings. The Balaban J connectivity index is 2.49. The molecular weight excluding hydrogens is 281 g/mol. The third kappa shape index (κ3) is 5.49. The van der Waals surface area contributed by atoms with Crippen molar-refractivity contribution in [3.8, 4) is 0 Å². The summed E-state index contributed by atoms with van der Waals surface area (Å²) in [5.41, 5.74) is 1.63. The SMILES string of the molecule is CCCCCCCC[C@H](N1CC(C)(C)C(=O)N1)C(F)(F)F. The van der Waals surface area contributed by atoms with Gasteiger partial charge >= 0.3 is 6.18 Å². The van der Waals surface area contributed by atoms with E-state index in [0.29, 0.717) is 6.42 Å². The van der Waals surface area contributed by atoms with Crippen molar-refractivity contribution in [3.05, 3.63) is 0 Å². The Hall–Kier alpha value is -0.780. The molecule has 1 aliphatic rings. The van der Waals surface area contributed by atoms with Gasteiger partial charge in [-0.05, 0) is 20.3 Å². The van der Waals surface area contributed by atoms with E-state index < -0.39 is 17.6 Å². The molecule has 0 bridgehead atoms. The molecule has 1 atom stereocenters. The molecule has 1 heterocycles. The quantitative estimate of drug-likeness (QED) is 0.686. The van der Waals surface area contributed by atoms with Crippen molar-refractivity contribution in [1.82, 2.24) is 10.4 Å². The van der Waals surface area contributed by atoms with E-state index in [0.717, 1.165) is 37.1 Å². The number of halogens is 3. The minimum atomic E-state index is -4.31. The minimum absolute atomic E-state index is 0.0476. The molecule has 1 rings (SSSR count). The highest BCUT2D eigenvalue weighted by Gasteiger charge is 2.49. The minimum Gasteiger partial charge on any atom is -0.288 e. The largest absolute Gasteiger partial charge is 0.405 e. The lowest BCUT2D eigenvalue weighted by molar-refractivity contribution is -0.190. The fraction of sp³-hybridized carbons (Fsp3) is 0.933. The van der Waals surface area contributed by atoms with Gasteiger partial charge in [0, 0.05) is 6.54 Å². The van der Waals surface area contributed by atoms with E-state index in [9.17, 15) is 18.0 Å². The Morgan fingerprint density at radius 1 is 1.19 bits per heavy atom. The maximum absolute atomic E-state index is 13.2. The molecule has 0 radical (unpaired) electrons. The summed E-state index contributed by atoms with van der Waals surface area (Å²) in [6.07, 6.45) is 1.43. The third-order valence-electron chi connectivity index (χ3n) is 4.01. The zero-order valence-electron chi connectivity index (χ0n) is 13.2. The van der Waals surface area contributed by atoms with Crippen molar-refractivity contribution in [3.63, 3.8) is 0 Å². The molecule has 1 fully saturated rings. The molecule has 0 spiro atoms. The van der Waals surface area contributed by atoms with Gasteiger partial charge in [-0.15, -0.1) is 0 Å². The third-order valence-corrected chi connectivity index (χ3v) is 4.01. The second-order valence-electron chi connectivity index (χ2n) is 6.57. The van der Waals surface area contributed by atoms with E-state index in [1.807, 2.05) is 0 Å². The summed E-state index contributed by atoms with van der Waals surface area (Å²) in [5.74, 6) is -0.334. The van der Waals surface area contributed by atoms with Crippen LogP contribution in [0, 0.1) is 5.41 Å². The van der Waals surface area contributed by atoms with Crippen molar-refractivity contribution in [1.29, 1.82) is 0 Å². The van der Waals surface area contributed by atoms with E-state index >= 15 is 0 Å². The molecule has 6 heteroatoms. The van der Waals surface area contributed by atoms with Crippen LogP contribution in [0.5, 0.6) is 0 Å². The summed E-state index contributed by atoms with van der Waals surface area (Å²) in [6, 6.07) is -1.57. The van der Waals surface area contributed by atoms with Crippen LogP contribution in [0.3, 0.4) is 0 Å². The molecule has 0 aromatic carbocycles. The monoisotopic (exact) mass is 308 g/mol. The number of amides is 1. The van der Waals surface area contributed by atoms with E-state index in [1.165, 1.54) is 0 Å². The molecule has 1 aliphatic heterocycles. The summed E-state index contributed by atoms with van der Waals surface area (Å²) in [4.78, 5) is 11.7. The average molecular weight is 308 g/mol. The van der Waals surface area contributed by atoms with Crippen molar-refractivity contribution in [2.24, 2.45) is 5.41 Å². The molecule has 21 heavy (non-hydrogen) atoms. The summed E-state index contributed by atoms with van der Waals surface area (Å²) < 4.78 is 39.6. The lowest BCUT2D eigenvalue weighted by atomic mass is 9.94. The first kappa shape index (κ1) is 18.3. The van der Waals surface area contributed by atoms with Crippen molar-refractivity contribution < 1.29 is 18.0 Å². The maximum Gasteiger partial charge on any atom is 0.405 e. The van der Waals surface area contributed by atoms with Crippen molar-refractivity contribution >= 4 is 5.91 Å². The van der Waals surface area contributed by atoms with Gasteiger partial charge in [0.05, 0.1) is 5.41 Å². The van der Waals surface area contributed by atoms with Gasteiger partial charge in [0.15, 0.2) is 0 Å². The second kappa shape index (κ2) is 7.47. The molecule has 0 aromatic heterocycles. The summed E-state index contributed by atoms with van der Waals surface area (Å²) in [6.45, 7) is 5.55. The van der Waals surface area contributed by atoms with Crippen LogP contribution >= 0.6 is 0 Å². The van der Waals surface area contributed by atoms with Crippen LogP contribution in [0.15, 0.2) is 0 Å². The number of unbranched alkanes of at least 4 members (excludes halogenated alkanes) is 5. The lowest BCUT2D eigenvalue weighted by Gasteiger charge is -2.29. The first-order valence-corrected chi connectivity index (χ1v) is 7.83. The molecular formula is C15H27F3N2O. The number of hydrogen-bond donors (Lipinski definition) is 1. The average Bonchev–Trinajstić information content (AvgIpc) is 2.60. The predicted molar refractivity (Wildman–Crippen MR) is 76.5 cm³/mol. The first-order chi connectivity index (χ1) is 9.68. The molecule has 0 saturated carbocycles. The molecule has 1 amide bonds. The Kier molecular flexibility index (Phi) is 6.50. The van der Waals surface area contributed by atoms with Gasteiger partial charge in [-0.1, -0.05) is 45.4 Å². The van der Waals surface area contributed by atoms with Gasteiger partial charge in [0.25, 0.3) is 0 Å². The fourth-order valence-electron chi connectivity index (χ4n) is 2.62. The highest BCUT2D eigenvalue weighted by Crippen LogP contribution is 2.33. The number of nitrogens with one attached hydrogen (secondary N) is 1. The van der Waals surface area contributed by atoms with E-state index in [-0.39, 0.29) is 18.9 Å². The van der Waals surface area contributed by atoms with Crippen molar-refractivity contribution in [2.75, 3.05) is 6.54 Å². The van der Waals surface area contributed by atoms with Crippen LogP contribution in [-0.2, 0) is 4.79 Å². The van der Waals surface area contributed by atoms with E-state index in [1.54, 1.807) is 13.8 Å². The zero-order valence-corrected chi connectivity index (χ0v) is 13.2. The van der Waals surface area contributed by atoms with Crippen molar-refractivity contribution in [2.45, 2.75) is 77.9 Å². The van der Waals surface area contributed by atoms with Gasteiger partial charge in [0.2, 0.25) is 5.91 Å². The van der Waals surface area contributed by atoms with Gasteiger partial charge in [-0.3, -0.25) is 10.2 Å². The lowest BCUT2D eigenvalue weighted by Crippen LogP contribution is -2.49. The van der Waals surface area contributed by atoms with E-state index in [4.69, 9.17) is 0 Å². The Morgan fingerprint density at radius 2 is 1.76 bits per heavy atom. The number of alkyl halides is 3. The maximum atomic E-state index is 13.2. The number of carbonyl (C=O) groups is 1. The normalized spacial score (nSPS) is 20.6. The molecule has 1 N–H and O–H groups in total. The van der Waals surface area contributed by atoms with Crippen LogP contribution in [0.4, 0.5) is 13.2 Å². The van der Waals surface area contributed by atoms with Crippen LogP contribution in [0.25, 0.3) is 0 Å². The standard InChI is InChI=1S/C15H27F3N2O/c1-4-5-6-7-8-9-10-12(15(16,17)18)20-11-14(2,3)13(21)19-20/h12H,4-11H2,1-3H3,(H,19,21)/t12-/m0/s1. The molecule has 1 saturated heterocycles. The molecule has 3 nitrogen and oxygen atoms in total. The fourth-order valence-corrected chi connectivity index (χ4v) is 2.62. The van der Waals surface area contributed by atoms with Crippen LogP contribution in [0.1, 0.15) is 65.7 Å². The molecule has 0 aliphatic carbocycles. The number of nitrogens with zero attached hydrogens (tertiary/aromatic N) is 1. The van der Waals surface area contributed by atoms with Crippen LogP contribution in [-0.4, -0.2) is 29.7 Å².